The number of fused-ring (bicyclic) bond motifs is 1. The normalized spacial score (nSPS) is 20.7. The third-order valence-electron chi connectivity index (χ3n) is 4.86. The first kappa shape index (κ1) is 19.3. The monoisotopic (exact) mass is 412 g/mol. The standard InChI is InChI=1S/C22H20O6S/c23-14-9-17(26)19-18(10-14)28-21(13-6-7-15(24)16(25)8-13)20(27)22(19)29-11-12-4-2-1-3-5-12/h1-10,20-27H,11H2/t20-,21+,22+/m0/s1. The van der Waals surface area contributed by atoms with Crippen LogP contribution in [-0.2, 0) is 5.75 Å². The molecule has 3 aromatic carbocycles. The molecule has 6 nitrogen and oxygen atoms in total. The van der Waals surface area contributed by atoms with E-state index in [0.29, 0.717) is 16.9 Å². The van der Waals surface area contributed by atoms with Crippen molar-refractivity contribution in [2.45, 2.75) is 23.2 Å². The summed E-state index contributed by atoms with van der Waals surface area (Å²) < 4.78 is 5.89. The van der Waals surface area contributed by atoms with E-state index < -0.39 is 17.5 Å². The Morgan fingerprint density at radius 1 is 0.828 bits per heavy atom. The molecule has 0 fully saturated rings. The molecule has 0 saturated heterocycles. The second-order valence-electron chi connectivity index (χ2n) is 6.87. The molecule has 0 unspecified atom stereocenters. The van der Waals surface area contributed by atoms with Crippen LogP contribution in [0.25, 0.3) is 0 Å². The summed E-state index contributed by atoms with van der Waals surface area (Å²) in [5.74, 6) is -0.0547. The van der Waals surface area contributed by atoms with Crippen LogP contribution in [0, 0.1) is 0 Å². The molecule has 1 aliphatic rings. The molecule has 1 aliphatic heterocycles. The number of aliphatic hydroxyl groups excluding tert-OH is 1. The highest BCUT2D eigenvalue weighted by Crippen LogP contribution is 2.53. The van der Waals surface area contributed by atoms with Crippen LogP contribution in [0.5, 0.6) is 28.7 Å². The van der Waals surface area contributed by atoms with Crippen LogP contribution < -0.4 is 4.74 Å². The van der Waals surface area contributed by atoms with Gasteiger partial charge >= 0.3 is 0 Å². The Morgan fingerprint density at radius 3 is 2.31 bits per heavy atom. The molecule has 3 aromatic rings. The number of benzene rings is 3. The van der Waals surface area contributed by atoms with Crippen LogP contribution in [0.4, 0.5) is 0 Å². The molecule has 0 radical (unpaired) electrons. The van der Waals surface area contributed by atoms with E-state index in [-0.39, 0.29) is 28.7 Å². The van der Waals surface area contributed by atoms with Crippen molar-refractivity contribution >= 4 is 11.8 Å². The van der Waals surface area contributed by atoms with Gasteiger partial charge in [0.15, 0.2) is 17.6 Å². The summed E-state index contributed by atoms with van der Waals surface area (Å²) in [7, 11) is 0. The van der Waals surface area contributed by atoms with E-state index in [1.807, 2.05) is 30.3 Å². The van der Waals surface area contributed by atoms with Gasteiger partial charge in [-0.15, -0.1) is 11.8 Å². The Kier molecular flexibility index (Phi) is 5.17. The topological polar surface area (TPSA) is 110 Å². The summed E-state index contributed by atoms with van der Waals surface area (Å²) in [5.41, 5.74) is 1.94. The largest absolute Gasteiger partial charge is 0.508 e. The molecule has 0 aromatic heterocycles. The first-order valence-electron chi connectivity index (χ1n) is 9.02. The minimum absolute atomic E-state index is 0.156. The van der Waals surface area contributed by atoms with E-state index >= 15 is 0 Å². The van der Waals surface area contributed by atoms with Gasteiger partial charge in [0.25, 0.3) is 0 Å². The van der Waals surface area contributed by atoms with Crippen LogP contribution in [0.1, 0.15) is 28.0 Å². The van der Waals surface area contributed by atoms with E-state index in [4.69, 9.17) is 4.74 Å². The Labute approximate surface area is 171 Å². The first-order valence-corrected chi connectivity index (χ1v) is 10.1. The number of aliphatic hydroxyl groups is 1. The zero-order valence-electron chi connectivity index (χ0n) is 15.3. The maximum Gasteiger partial charge on any atom is 0.157 e. The van der Waals surface area contributed by atoms with Crippen LogP contribution in [0.2, 0.25) is 0 Å². The average molecular weight is 412 g/mol. The summed E-state index contributed by atoms with van der Waals surface area (Å²) in [4.78, 5) is 0. The van der Waals surface area contributed by atoms with Crippen molar-refractivity contribution in [1.29, 1.82) is 0 Å². The Balaban J connectivity index is 1.72. The fourth-order valence-corrected chi connectivity index (χ4v) is 4.75. The van der Waals surface area contributed by atoms with Crippen molar-refractivity contribution < 1.29 is 30.3 Å². The molecule has 4 rings (SSSR count). The van der Waals surface area contributed by atoms with Gasteiger partial charge in [0.1, 0.15) is 23.4 Å². The molecular weight excluding hydrogens is 392 g/mol. The third kappa shape index (κ3) is 3.79. The lowest BCUT2D eigenvalue weighted by atomic mass is 9.93. The third-order valence-corrected chi connectivity index (χ3v) is 6.24. The zero-order chi connectivity index (χ0) is 20.5. The number of rotatable bonds is 4. The number of hydrogen-bond donors (Lipinski definition) is 5. The van der Waals surface area contributed by atoms with Gasteiger partial charge in [-0.3, -0.25) is 0 Å². The van der Waals surface area contributed by atoms with Gasteiger partial charge in [-0.2, -0.15) is 0 Å². The molecule has 0 amide bonds. The van der Waals surface area contributed by atoms with Gasteiger partial charge in [0.05, 0.1) is 10.8 Å². The van der Waals surface area contributed by atoms with Gasteiger partial charge in [-0.1, -0.05) is 36.4 Å². The number of phenolic OH excluding ortho intramolecular Hbond substituents is 4. The average Bonchev–Trinajstić information content (AvgIpc) is 2.70. The summed E-state index contributed by atoms with van der Waals surface area (Å²) in [6.07, 6.45) is -1.90. The Morgan fingerprint density at radius 2 is 1.59 bits per heavy atom. The molecule has 0 spiro atoms. The van der Waals surface area contributed by atoms with Crippen molar-refractivity contribution in [2.24, 2.45) is 0 Å². The van der Waals surface area contributed by atoms with E-state index in [9.17, 15) is 25.5 Å². The Bertz CT molecular complexity index is 1020. The number of thioether (sulfide) groups is 1. The quantitative estimate of drug-likeness (QED) is 0.412. The predicted molar refractivity (Wildman–Crippen MR) is 109 cm³/mol. The second kappa shape index (κ2) is 7.77. The van der Waals surface area contributed by atoms with Crippen molar-refractivity contribution in [3.05, 3.63) is 77.4 Å². The molecule has 150 valence electrons. The van der Waals surface area contributed by atoms with Crippen molar-refractivity contribution in [1.82, 2.24) is 0 Å². The van der Waals surface area contributed by atoms with E-state index in [1.165, 1.54) is 36.0 Å². The fourth-order valence-electron chi connectivity index (χ4n) is 3.44. The van der Waals surface area contributed by atoms with Crippen LogP contribution >= 0.6 is 11.8 Å². The highest BCUT2D eigenvalue weighted by atomic mass is 32.2. The highest BCUT2D eigenvalue weighted by Gasteiger charge is 2.40. The number of hydrogen-bond acceptors (Lipinski definition) is 7. The van der Waals surface area contributed by atoms with Gasteiger partial charge in [0.2, 0.25) is 0 Å². The van der Waals surface area contributed by atoms with Gasteiger partial charge < -0.3 is 30.3 Å². The van der Waals surface area contributed by atoms with Crippen molar-refractivity contribution in [3.8, 4) is 28.7 Å². The molecule has 7 heteroatoms. The van der Waals surface area contributed by atoms with Crippen LogP contribution in [0.3, 0.4) is 0 Å². The van der Waals surface area contributed by atoms with Gasteiger partial charge in [-0.05, 0) is 23.3 Å². The molecule has 0 saturated carbocycles. The fraction of sp³-hybridized carbons (Fsp3) is 0.182. The summed E-state index contributed by atoms with van der Waals surface area (Å²) >= 11 is 1.44. The van der Waals surface area contributed by atoms with Gasteiger partial charge in [-0.25, -0.2) is 0 Å². The molecular formula is C22H20O6S. The first-order chi connectivity index (χ1) is 13.9. The maximum atomic E-state index is 11.1. The SMILES string of the molecule is Oc1cc(O)c2c(c1)O[C@H](c1ccc(O)c(O)c1)[C@H](O)[C@@H]2SCc1ccccc1. The van der Waals surface area contributed by atoms with Crippen LogP contribution in [0.15, 0.2) is 60.7 Å². The zero-order valence-corrected chi connectivity index (χ0v) is 16.1. The predicted octanol–water partition coefficient (Wildman–Crippen LogP) is 3.98. The molecule has 0 aliphatic carbocycles. The molecule has 5 N–H and O–H groups in total. The molecule has 29 heavy (non-hydrogen) atoms. The van der Waals surface area contributed by atoms with Crippen molar-refractivity contribution in [2.75, 3.05) is 0 Å². The lowest BCUT2D eigenvalue weighted by Crippen LogP contribution is -2.33. The van der Waals surface area contributed by atoms with Crippen LogP contribution in [-0.4, -0.2) is 31.6 Å². The minimum Gasteiger partial charge on any atom is -0.508 e. The summed E-state index contributed by atoms with van der Waals surface area (Å²) in [6, 6.07) is 16.6. The number of ether oxygens (including phenoxy) is 1. The summed E-state index contributed by atoms with van der Waals surface area (Å²) in [5, 5.41) is 50.3. The second-order valence-corrected chi connectivity index (χ2v) is 8.00. The van der Waals surface area contributed by atoms with Gasteiger partial charge in [0, 0.05) is 17.9 Å². The van der Waals surface area contributed by atoms with E-state index in [2.05, 4.69) is 0 Å². The molecule has 1 heterocycles. The van der Waals surface area contributed by atoms with E-state index in [0.717, 1.165) is 5.56 Å². The van der Waals surface area contributed by atoms with E-state index in [1.54, 1.807) is 6.07 Å². The summed E-state index contributed by atoms with van der Waals surface area (Å²) in [6.45, 7) is 0. The lowest BCUT2D eigenvalue weighted by molar-refractivity contribution is 0.0174. The minimum atomic E-state index is -1.05. The number of aromatic hydroxyl groups is 4. The lowest BCUT2D eigenvalue weighted by Gasteiger charge is -2.37. The number of phenols is 4. The van der Waals surface area contributed by atoms with Crippen molar-refractivity contribution in [3.63, 3.8) is 0 Å². The smallest absolute Gasteiger partial charge is 0.157 e. The Hall–Kier alpha value is -3.03. The molecule has 0 bridgehead atoms. The maximum absolute atomic E-state index is 11.1. The highest BCUT2D eigenvalue weighted by molar-refractivity contribution is 7.98. The molecule has 3 atom stereocenters.